The number of nitrogens with zero attached hydrogens (tertiary/aromatic N) is 1. The van der Waals surface area contributed by atoms with Gasteiger partial charge in [-0.3, -0.25) is 4.79 Å². The fraction of sp³-hybridized carbons (Fsp3) is 0.391. The van der Waals surface area contributed by atoms with Gasteiger partial charge in [0.2, 0.25) is 5.91 Å². The molecule has 1 heterocycles. The normalized spacial score (nSPS) is 13.7. The third-order valence-electron chi connectivity index (χ3n) is 5.42. The fourth-order valence-electron chi connectivity index (χ4n) is 3.60. The quantitative estimate of drug-likeness (QED) is 0.570. The molecule has 0 fully saturated rings. The van der Waals surface area contributed by atoms with Crippen molar-refractivity contribution in [1.82, 2.24) is 10.2 Å². The molecule has 10 heteroatoms. The van der Waals surface area contributed by atoms with Crippen molar-refractivity contribution >= 4 is 41.0 Å². The van der Waals surface area contributed by atoms with Crippen molar-refractivity contribution < 1.29 is 23.5 Å². The van der Waals surface area contributed by atoms with Crippen LogP contribution in [-0.2, 0) is 17.8 Å². The van der Waals surface area contributed by atoms with Crippen molar-refractivity contribution in [2.75, 3.05) is 38.1 Å². The molecule has 0 saturated heterocycles. The van der Waals surface area contributed by atoms with Crippen molar-refractivity contribution in [3.05, 3.63) is 52.3 Å². The minimum absolute atomic E-state index is 0.0865. The molecule has 7 nitrogen and oxygen atoms in total. The van der Waals surface area contributed by atoms with E-state index in [0.717, 1.165) is 11.1 Å². The zero-order valence-corrected chi connectivity index (χ0v) is 20.3. The Labute approximate surface area is 201 Å². The Hall–Kier alpha value is -2.65. The molecule has 1 atom stereocenters. The second-order valence-electron chi connectivity index (χ2n) is 7.55. The van der Waals surface area contributed by atoms with E-state index in [1.54, 1.807) is 30.9 Å². The topological polar surface area (TPSA) is 79.9 Å². The molecule has 178 valence electrons. The van der Waals surface area contributed by atoms with E-state index in [9.17, 15) is 14.0 Å². The van der Waals surface area contributed by atoms with Gasteiger partial charge in [0.1, 0.15) is 11.9 Å². The van der Waals surface area contributed by atoms with Crippen LogP contribution in [-0.4, -0.2) is 55.7 Å². The molecule has 0 saturated carbocycles. The minimum atomic E-state index is -0.749. The number of benzene rings is 2. The molecule has 33 heavy (non-hydrogen) atoms. The molecule has 1 aliphatic heterocycles. The lowest BCUT2D eigenvalue weighted by Gasteiger charge is -2.31. The Morgan fingerprint density at radius 2 is 1.88 bits per heavy atom. The molecule has 3 amide bonds. The highest BCUT2D eigenvalue weighted by molar-refractivity contribution is 7.98. The number of urea groups is 1. The van der Waals surface area contributed by atoms with Crippen molar-refractivity contribution in [1.29, 1.82) is 0 Å². The number of nitrogens with one attached hydrogen (secondary N) is 2. The van der Waals surface area contributed by atoms with E-state index in [1.165, 1.54) is 18.2 Å². The van der Waals surface area contributed by atoms with Crippen molar-refractivity contribution in [3.8, 4) is 11.5 Å². The number of thioether (sulfide) groups is 1. The first-order chi connectivity index (χ1) is 15.9. The van der Waals surface area contributed by atoms with Gasteiger partial charge in [-0.05, 0) is 66.3 Å². The van der Waals surface area contributed by atoms with Crippen LogP contribution >= 0.6 is 23.4 Å². The highest BCUT2D eigenvalue weighted by atomic mass is 35.5. The second-order valence-corrected chi connectivity index (χ2v) is 8.94. The Morgan fingerprint density at radius 3 is 2.52 bits per heavy atom. The summed E-state index contributed by atoms with van der Waals surface area (Å²) in [5.41, 5.74) is 2.43. The van der Waals surface area contributed by atoms with Gasteiger partial charge in [0.25, 0.3) is 0 Å². The van der Waals surface area contributed by atoms with Crippen molar-refractivity contribution in [3.63, 3.8) is 0 Å². The van der Waals surface area contributed by atoms with Gasteiger partial charge in [0, 0.05) is 18.8 Å². The van der Waals surface area contributed by atoms with E-state index in [-0.39, 0.29) is 17.0 Å². The van der Waals surface area contributed by atoms with Crippen LogP contribution in [0.5, 0.6) is 11.5 Å². The number of amides is 3. The van der Waals surface area contributed by atoms with Crippen LogP contribution in [0.25, 0.3) is 0 Å². The smallest absolute Gasteiger partial charge is 0.318 e. The highest BCUT2D eigenvalue weighted by Crippen LogP contribution is 2.33. The fourth-order valence-corrected chi connectivity index (χ4v) is 4.26. The minimum Gasteiger partial charge on any atom is -0.493 e. The average molecular weight is 496 g/mol. The lowest BCUT2D eigenvalue weighted by molar-refractivity contribution is -0.118. The first kappa shape index (κ1) is 25.0. The third kappa shape index (κ3) is 6.23. The van der Waals surface area contributed by atoms with E-state index < -0.39 is 11.9 Å². The summed E-state index contributed by atoms with van der Waals surface area (Å²) >= 11 is 7.38. The van der Waals surface area contributed by atoms with Gasteiger partial charge in [-0.1, -0.05) is 11.6 Å². The Morgan fingerprint density at radius 1 is 1.18 bits per heavy atom. The predicted molar refractivity (Wildman–Crippen MR) is 129 cm³/mol. The Balaban J connectivity index is 1.69. The van der Waals surface area contributed by atoms with Crippen molar-refractivity contribution in [2.45, 2.75) is 25.4 Å². The molecule has 3 rings (SSSR count). The van der Waals surface area contributed by atoms with Gasteiger partial charge < -0.3 is 25.0 Å². The number of halogens is 2. The summed E-state index contributed by atoms with van der Waals surface area (Å²) in [7, 11) is 3.16. The number of carbonyl (C=O) groups is 2. The van der Waals surface area contributed by atoms with E-state index in [2.05, 4.69) is 10.6 Å². The first-order valence-electron chi connectivity index (χ1n) is 10.4. The summed E-state index contributed by atoms with van der Waals surface area (Å²) in [5.74, 6) is 0.991. The van der Waals surface area contributed by atoms with Crippen LogP contribution < -0.4 is 20.1 Å². The molecule has 2 aromatic carbocycles. The molecule has 2 aromatic rings. The summed E-state index contributed by atoms with van der Waals surface area (Å²) in [6.45, 7) is 0.907. The van der Waals surface area contributed by atoms with Gasteiger partial charge in [0.15, 0.2) is 11.5 Å². The first-order valence-corrected chi connectivity index (χ1v) is 12.2. The van der Waals surface area contributed by atoms with Gasteiger partial charge in [-0.15, -0.1) is 0 Å². The second kappa shape index (κ2) is 11.5. The summed E-state index contributed by atoms with van der Waals surface area (Å²) in [6.07, 6.45) is 3.04. The summed E-state index contributed by atoms with van der Waals surface area (Å²) in [4.78, 5) is 27.5. The van der Waals surface area contributed by atoms with Crippen LogP contribution in [0.15, 0.2) is 30.3 Å². The zero-order chi connectivity index (χ0) is 24.0. The number of hydrogen-bond donors (Lipinski definition) is 2. The summed E-state index contributed by atoms with van der Waals surface area (Å²) in [5, 5.41) is 5.47. The van der Waals surface area contributed by atoms with Gasteiger partial charge >= 0.3 is 6.03 Å². The number of anilines is 1. The molecule has 2 N–H and O–H groups in total. The molecule has 0 aromatic heterocycles. The van der Waals surface area contributed by atoms with E-state index in [1.807, 2.05) is 18.4 Å². The van der Waals surface area contributed by atoms with Gasteiger partial charge in [0.05, 0.1) is 19.2 Å². The van der Waals surface area contributed by atoms with E-state index in [4.69, 9.17) is 21.1 Å². The number of rotatable bonds is 8. The molecule has 0 radical (unpaired) electrons. The molecular weight excluding hydrogens is 469 g/mol. The number of ether oxygens (including phenoxy) is 2. The molecule has 1 aliphatic rings. The van der Waals surface area contributed by atoms with Gasteiger partial charge in [-0.2, -0.15) is 11.8 Å². The maximum atomic E-state index is 13.4. The van der Waals surface area contributed by atoms with E-state index in [0.29, 0.717) is 48.9 Å². The lowest BCUT2D eigenvalue weighted by Crippen LogP contribution is -2.50. The number of hydrogen-bond acceptors (Lipinski definition) is 5. The molecule has 0 aliphatic carbocycles. The maximum Gasteiger partial charge on any atom is 0.318 e. The largest absolute Gasteiger partial charge is 0.493 e. The van der Waals surface area contributed by atoms with Crippen LogP contribution in [0.3, 0.4) is 0 Å². The molecular formula is C23H27ClFN3O4S. The maximum absolute atomic E-state index is 13.4. The monoisotopic (exact) mass is 495 g/mol. The number of carbonyl (C=O) groups excluding carboxylic acids is 2. The molecule has 0 bridgehead atoms. The Kier molecular flexibility index (Phi) is 8.68. The number of fused-ring (bicyclic) bond motifs is 1. The highest BCUT2D eigenvalue weighted by Gasteiger charge is 2.27. The Bertz CT molecular complexity index is 1020. The van der Waals surface area contributed by atoms with Crippen LogP contribution in [0, 0.1) is 5.82 Å². The van der Waals surface area contributed by atoms with Crippen molar-refractivity contribution in [2.24, 2.45) is 0 Å². The standard InChI is InChI=1S/C23H27ClFN3O4S/c1-31-20-10-14-6-8-28(13-15(14)11-21(20)32-2)23(30)27-19(7-9-33-3)22(29)26-16-4-5-18(25)17(24)12-16/h4-5,10-12,19H,6-9,13H2,1-3H3,(H,26,29)(H,27,30)/t19-/m0/s1. The van der Waals surface area contributed by atoms with Crippen LogP contribution in [0.1, 0.15) is 17.5 Å². The molecule has 0 spiro atoms. The average Bonchev–Trinajstić information content (AvgIpc) is 2.82. The van der Waals surface area contributed by atoms with Gasteiger partial charge in [-0.25, -0.2) is 9.18 Å². The third-order valence-corrected chi connectivity index (χ3v) is 6.35. The SMILES string of the molecule is COc1cc2c(cc1OC)CN(C(=O)N[C@@H](CCSC)C(=O)Nc1ccc(F)c(Cl)c1)CC2. The lowest BCUT2D eigenvalue weighted by atomic mass is 9.99. The van der Waals surface area contributed by atoms with E-state index >= 15 is 0 Å². The number of methoxy groups -OCH3 is 2. The molecule has 0 unspecified atom stereocenters. The van der Waals surface area contributed by atoms with Crippen LogP contribution in [0.4, 0.5) is 14.9 Å². The van der Waals surface area contributed by atoms with Crippen LogP contribution in [0.2, 0.25) is 5.02 Å². The summed E-state index contributed by atoms with van der Waals surface area (Å²) < 4.78 is 24.2. The zero-order valence-electron chi connectivity index (χ0n) is 18.7. The summed E-state index contributed by atoms with van der Waals surface area (Å²) in [6, 6.07) is 6.69. The predicted octanol–water partition coefficient (Wildman–Crippen LogP) is 4.32.